The Bertz CT molecular complexity index is 978. The first-order chi connectivity index (χ1) is 11.5. The first-order valence-corrected chi connectivity index (χ1v) is 6.99. The number of hydrogen-bond donors (Lipinski definition) is 2. The van der Waals surface area contributed by atoms with Crippen LogP contribution in [0.3, 0.4) is 0 Å². The molecule has 1 heterocycles. The van der Waals surface area contributed by atoms with Crippen molar-refractivity contribution in [2.45, 2.75) is 6.42 Å². The molecule has 24 heavy (non-hydrogen) atoms. The minimum absolute atomic E-state index is 0.144. The van der Waals surface area contributed by atoms with Gasteiger partial charge in [0.25, 0.3) is 5.91 Å². The van der Waals surface area contributed by atoms with E-state index in [2.05, 4.69) is 10.3 Å². The van der Waals surface area contributed by atoms with Crippen LogP contribution in [0.5, 0.6) is 0 Å². The third-order valence-corrected chi connectivity index (χ3v) is 3.46. The molecule has 124 valence electrons. The van der Waals surface area contributed by atoms with Crippen LogP contribution in [0.15, 0.2) is 39.5 Å². The zero-order chi connectivity index (χ0) is 17.3. The van der Waals surface area contributed by atoms with Crippen LogP contribution in [-0.2, 0) is 6.42 Å². The Labute approximate surface area is 133 Å². The van der Waals surface area contributed by atoms with Gasteiger partial charge in [-0.25, -0.2) is 18.0 Å². The van der Waals surface area contributed by atoms with Gasteiger partial charge >= 0.3 is 5.76 Å². The van der Waals surface area contributed by atoms with E-state index in [1.165, 1.54) is 0 Å². The van der Waals surface area contributed by atoms with E-state index in [9.17, 15) is 22.8 Å². The van der Waals surface area contributed by atoms with Crippen LogP contribution >= 0.6 is 0 Å². The molecule has 0 bridgehead atoms. The third kappa shape index (κ3) is 3.03. The smallest absolute Gasteiger partial charge is 0.408 e. The maximum absolute atomic E-state index is 13.5. The Hall–Kier alpha value is -3.03. The molecule has 0 saturated heterocycles. The number of nitrogens with one attached hydrogen (secondary N) is 2. The Kier molecular flexibility index (Phi) is 4.11. The SMILES string of the molecule is O=C(NCCc1ccc2oc(=O)[nH]c2c1)c1ccc(F)c(F)c1F. The first-order valence-electron chi connectivity index (χ1n) is 6.99. The second kappa shape index (κ2) is 6.23. The zero-order valence-electron chi connectivity index (χ0n) is 12.2. The molecule has 8 heteroatoms. The van der Waals surface area contributed by atoms with E-state index in [1.54, 1.807) is 18.2 Å². The lowest BCUT2D eigenvalue weighted by Gasteiger charge is -2.07. The Morgan fingerprint density at radius 3 is 2.71 bits per heavy atom. The molecule has 0 aliphatic carbocycles. The molecule has 3 aromatic rings. The maximum Gasteiger partial charge on any atom is 0.417 e. The van der Waals surface area contributed by atoms with E-state index in [1.807, 2.05) is 0 Å². The van der Waals surface area contributed by atoms with Crippen LogP contribution in [-0.4, -0.2) is 17.4 Å². The number of halogens is 3. The molecule has 0 atom stereocenters. The van der Waals surface area contributed by atoms with E-state index < -0.39 is 34.7 Å². The van der Waals surface area contributed by atoms with Crippen molar-refractivity contribution in [3.05, 3.63) is 69.5 Å². The van der Waals surface area contributed by atoms with E-state index in [4.69, 9.17) is 4.42 Å². The van der Waals surface area contributed by atoms with Crippen LogP contribution in [0.1, 0.15) is 15.9 Å². The maximum atomic E-state index is 13.5. The predicted octanol–water partition coefficient (Wildman–Crippen LogP) is 2.51. The Morgan fingerprint density at radius 2 is 1.92 bits per heavy atom. The van der Waals surface area contributed by atoms with Crippen LogP contribution in [0.2, 0.25) is 0 Å². The normalized spacial score (nSPS) is 11.0. The highest BCUT2D eigenvalue weighted by atomic mass is 19.2. The summed E-state index contributed by atoms with van der Waals surface area (Å²) in [7, 11) is 0. The predicted molar refractivity (Wildman–Crippen MR) is 79.2 cm³/mol. The number of rotatable bonds is 4. The average molecular weight is 336 g/mol. The summed E-state index contributed by atoms with van der Waals surface area (Å²) >= 11 is 0. The Morgan fingerprint density at radius 1 is 1.12 bits per heavy atom. The third-order valence-electron chi connectivity index (χ3n) is 3.46. The van der Waals surface area contributed by atoms with Crippen molar-refractivity contribution >= 4 is 17.0 Å². The highest BCUT2D eigenvalue weighted by Gasteiger charge is 2.18. The number of aromatic nitrogens is 1. The molecule has 2 N–H and O–H groups in total. The lowest BCUT2D eigenvalue weighted by molar-refractivity contribution is 0.0949. The molecule has 2 aromatic carbocycles. The van der Waals surface area contributed by atoms with Gasteiger partial charge in [0.2, 0.25) is 0 Å². The van der Waals surface area contributed by atoms with Gasteiger partial charge in [0.1, 0.15) is 0 Å². The van der Waals surface area contributed by atoms with Gasteiger partial charge in [-0.15, -0.1) is 0 Å². The molecule has 5 nitrogen and oxygen atoms in total. The summed E-state index contributed by atoms with van der Waals surface area (Å²) < 4.78 is 44.4. The van der Waals surface area contributed by atoms with Gasteiger partial charge in [-0.05, 0) is 36.2 Å². The van der Waals surface area contributed by atoms with Crippen molar-refractivity contribution in [1.29, 1.82) is 0 Å². The number of H-pyrrole nitrogens is 1. The molecule has 0 radical (unpaired) electrons. The minimum Gasteiger partial charge on any atom is -0.408 e. The fraction of sp³-hybridized carbons (Fsp3) is 0.125. The summed E-state index contributed by atoms with van der Waals surface area (Å²) in [6, 6.07) is 6.58. The fourth-order valence-electron chi connectivity index (χ4n) is 2.27. The van der Waals surface area contributed by atoms with Gasteiger partial charge in [0.15, 0.2) is 23.0 Å². The highest BCUT2D eigenvalue weighted by molar-refractivity contribution is 5.94. The number of amides is 1. The molecule has 1 aromatic heterocycles. The number of carbonyl (C=O) groups is 1. The monoisotopic (exact) mass is 336 g/mol. The molecular weight excluding hydrogens is 325 g/mol. The van der Waals surface area contributed by atoms with Gasteiger partial charge in [-0.2, -0.15) is 0 Å². The highest BCUT2D eigenvalue weighted by Crippen LogP contribution is 2.15. The summed E-state index contributed by atoms with van der Waals surface area (Å²) in [5.41, 5.74) is 1.17. The van der Waals surface area contributed by atoms with E-state index in [-0.39, 0.29) is 6.54 Å². The van der Waals surface area contributed by atoms with E-state index >= 15 is 0 Å². The molecule has 0 fully saturated rings. The number of carbonyl (C=O) groups excluding carboxylic acids is 1. The van der Waals surface area contributed by atoms with Crippen molar-refractivity contribution in [2.75, 3.05) is 6.54 Å². The van der Waals surface area contributed by atoms with E-state index in [0.717, 1.165) is 11.6 Å². The average Bonchev–Trinajstić information content (AvgIpc) is 2.92. The molecule has 3 rings (SSSR count). The molecular formula is C16H11F3N2O3. The molecule has 0 aliphatic rings. The quantitative estimate of drug-likeness (QED) is 0.719. The fourth-order valence-corrected chi connectivity index (χ4v) is 2.27. The number of hydrogen-bond acceptors (Lipinski definition) is 3. The van der Waals surface area contributed by atoms with Gasteiger partial charge in [0, 0.05) is 6.54 Å². The largest absolute Gasteiger partial charge is 0.417 e. The number of oxazole rings is 1. The summed E-state index contributed by atoms with van der Waals surface area (Å²) in [6.07, 6.45) is 0.389. The van der Waals surface area contributed by atoms with E-state index in [0.29, 0.717) is 23.6 Å². The van der Waals surface area contributed by atoms with Crippen LogP contribution in [0.4, 0.5) is 13.2 Å². The summed E-state index contributed by atoms with van der Waals surface area (Å²) in [5.74, 6) is -5.97. The number of benzene rings is 2. The van der Waals surface area contributed by atoms with Crippen molar-refractivity contribution in [3.8, 4) is 0 Å². The molecule has 1 amide bonds. The standard InChI is InChI=1S/C16H11F3N2O3/c17-10-3-2-9(13(18)14(10)19)15(22)20-6-5-8-1-4-12-11(7-8)21-16(23)24-12/h1-4,7H,5-6H2,(H,20,22)(H,21,23). The molecule has 0 unspecified atom stereocenters. The molecule has 0 saturated carbocycles. The lowest BCUT2D eigenvalue weighted by Crippen LogP contribution is -2.27. The van der Waals surface area contributed by atoms with Gasteiger partial charge < -0.3 is 9.73 Å². The number of fused-ring (bicyclic) bond motifs is 1. The van der Waals surface area contributed by atoms with Crippen molar-refractivity contribution < 1.29 is 22.4 Å². The van der Waals surface area contributed by atoms with Crippen molar-refractivity contribution in [2.24, 2.45) is 0 Å². The summed E-state index contributed by atoms with van der Waals surface area (Å²) in [4.78, 5) is 25.4. The first kappa shape index (κ1) is 15.9. The topological polar surface area (TPSA) is 75.1 Å². The second-order valence-corrected chi connectivity index (χ2v) is 5.07. The Balaban J connectivity index is 1.66. The van der Waals surface area contributed by atoms with Crippen LogP contribution in [0.25, 0.3) is 11.1 Å². The lowest BCUT2D eigenvalue weighted by atomic mass is 10.1. The second-order valence-electron chi connectivity index (χ2n) is 5.07. The minimum atomic E-state index is -1.68. The van der Waals surface area contributed by atoms with Gasteiger partial charge in [-0.3, -0.25) is 9.78 Å². The van der Waals surface area contributed by atoms with Crippen LogP contribution in [0, 0.1) is 17.5 Å². The van der Waals surface area contributed by atoms with Crippen LogP contribution < -0.4 is 11.1 Å². The van der Waals surface area contributed by atoms with Gasteiger partial charge in [-0.1, -0.05) is 6.07 Å². The van der Waals surface area contributed by atoms with Gasteiger partial charge in [0.05, 0.1) is 11.1 Å². The summed E-state index contributed by atoms with van der Waals surface area (Å²) in [5, 5.41) is 2.42. The van der Waals surface area contributed by atoms with Crippen molar-refractivity contribution in [1.82, 2.24) is 10.3 Å². The molecule has 0 aliphatic heterocycles. The molecule has 0 spiro atoms. The number of aromatic amines is 1. The van der Waals surface area contributed by atoms with Crippen molar-refractivity contribution in [3.63, 3.8) is 0 Å². The summed E-state index contributed by atoms with van der Waals surface area (Å²) in [6.45, 7) is 0.144. The zero-order valence-corrected chi connectivity index (χ0v) is 12.2.